The fraction of sp³-hybridized carbons (Fsp3) is 1.00. The maximum Gasteiger partial charge on any atom is 1.00 e. The average Bonchev–Trinajstić information content (AvgIpc) is 2.61. The molecule has 143 valence electrons. The minimum absolute atomic E-state index is 0. The van der Waals surface area contributed by atoms with E-state index in [1.165, 1.54) is 26.1 Å². The summed E-state index contributed by atoms with van der Waals surface area (Å²) in [6.07, 6.45) is 14.0. The van der Waals surface area contributed by atoms with E-state index in [9.17, 15) is 0 Å². The third-order valence-electron chi connectivity index (χ3n) is 9.73. The average molecular weight is 350 g/mol. The van der Waals surface area contributed by atoms with E-state index in [1.54, 1.807) is 51.4 Å². The van der Waals surface area contributed by atoms with Crippen molar-refractivity contribution in [3.63, 3.8) is 0 Å². The molecule has 0 N–H and O–H groups in total. The van der Waals surface area contributed by atoms with E-state index in [2.05, 4.69) is 32.6 Å². The zero-order valence-electron chi connectivity index (χ0n) is 18.5. The molecule has 5 aliphatic rings. The van der Waals surface area contributed by atoms with Gasteiger partial charge in [-0.1, -0.05) is 78.6 Å². The second-order valence-corrected chi connectivity index (χ2v) is 10.7. The Kier molecular flexibility index (Phi) is 7.02. The van der Waals surface area contributed by atoms with E-state index >= 15 is 0 Å². The normalized spacial score (nSPS) is 41.4. The standard InChI is InChI=1S/C23H42BN.Li/c1-5-25(6-2)14-13-20-21-15-17(23(21,3)4)16-22(20)24-18-9-7-10-19(24)12-8-11-18;/h17-22H,5-16H2,1-4H3;/q-1;+1/t17-,18?,19?,20+,21+,22+;/m1./s1. The van der Waals surface area contributed by atoms with Gasteiger partial charge in [0.2, 0.25) is 0 Å². The Morgan fingerprint density at radius 3 is 2.00 bits per heavy atom. The maximum atomic E-state index is 2.68. The summed E-state index contributed by atoms with van der Waals surface area (Å²) >= 11 is 0. The van der Waals surface area contributed by atoms with Gasteiger partial charge in [0.25, 0.3) is 0 Å². The van der Waals surface area contributed by atoms with Crippen LogP contribution in [0.25, 0.3) is 0 Å². The van der Waals surface area contributed by atoms with Crippen LogP contribution in [0.2, 0.25) is 17.5 Å². The van der Waals surface area contributed by atoms with Gasteiger partial charge in [0.05, 0.1) is 0 Å². The smallest absolute Gasteiger partial charge is 0.304 e. The molecule has 3 saturated carbocycles. The molecule has 2 saturated heterocycles. The van der Waals surface area contributed by atoms with E-state index in [-0.39, 0.29) is 18.9 Å². The Hall–Kier alpha value is 0.622. The second-order valence-electron chi connectivity index (χ2n) is 10.7. The minimum atomic E-state index is 0. The van der Waals surface area contributed by atoms with Crippen molar-refractivity contribution >= 4 is 6.71 Å². The van der Waals surface area contributed by atoms with Gasteiger partial charge in [-0.3, -0.25) is 0 Å². The van der Waals surface area contributed by atoms with E-state index in [0.717, 1.165) is 41.9 Å². The van der Waals surface area contributed by atoms with Gasteiger partial charge >= 0.3 is 18.9 Å². The summed E-state index contributed by atoms with van der Waals surface area (Å²) in [6, 6.07) is 0. The van der Waals surface area contributed by atoms with Gasteiger partial charge in [-0.2, -0.15) is 17.5 Å². The van der Waals surface area contributed by atoms with Crippen molar-refractivity contribution < 1.29 is 18.9 Å². The SMILES string of the molecule is CCN(CC)CC[C@@H]1[C@@H]([B-]2C3CCCC2CCC3)C[C@H]2C[C@@H]1C2(C)C.[Li+]. The molecule has 5 rings (SSSR count). The predicted octanol–water partition coefficient (Wildman–Crippen LogP) is 3.38. The van der Waals surface area contributed by atoms with Crippen LogP contribution in [0.15, 0.2) is 0 Å². The van der Waals surface area contributed by atoms with Crippen molar-refractivity contribution in [1.29, 1.82) is 0 Å². The van der Waals surface area contributed by atoms with Gasteiger partial charge in [0.1, 0.15) is 0 Å². The summed E-state index contributed by atoms with van der Waals surface area (Å²) in [7, 11) is 0. The molecular weight excluding hydrogens is 308 g/mol. The van der Waals surface area contributed by atoms with Crippen molar-refractivity contribution in [3.8, 4) is 0 Å². The largest absolute Gasteiger partial charge is 1.00 e. The van der Waals surface area contributed by atoms with E-state index < -0.39 is 0 Å². The topological polar surface area (TPSA) is 3.24 Å². The molecule has 3 heteroatoms. The number of hydrogen-bond donors (Lipinski definition) is 0. The van der Waals surface area contributed by atoms with Crippen LogP contribution >= 0.6 is 0 Å². The van der Waals surface area contributed by atoms with Crippen LogP contribution in [0.5, 0.6) is 0 Å². The molecule has 1 nitrogen and oxygen atoms in total. The molecular formula is C23H42BLiN. The molecule has 1 radical (unpaired) electrons. The van der Waals surface area contributed by atoms with Gasteiger partial charge in [-0.25, -0.2) is 0 Å². The Labute approximate surface area is 176 Å². The quantitative estimate of drug-likeness (QED) is 0.664. The molecule has 0 unspecified atom stereocenters. The Morgan fingerprint density at radius 2 is 1.50 bits per heavy atom. The van der Waals surface area contributed by atoms with Crippen molar-refractivity contribution in [1.82, 2.24) is 4.90 Å². The zero-order valence-corrected chi connectivity index (χ0v) is 18.5. The van der Waals surface area contributed by atoms with E-state index in [1.807, 2.05) is 0 Å². The molecule has 2 heterocycles. The molecule has 0 aromatic carbocycles. The molecule has 26 heavy (non-hydrogen) atoms. The molecule has 0 amide bonds. The number of fused-ring (bicyclic) bond motifs is 5. The summed E-state index contributed by atoms with van der Waals surface area (Å²) in [5.74, 6) is 6.42. The molecule has 5 fully saturated rings. The van der Waals surface area contributed by atoms with Crippen LogP contribution in [0, 0.1) is 23.2 Å². The van der Waals surface area contributed by atoms with Crippen LogP contribution in [-0.4, -0.2) is 31.2 Å². The summed E-state index contributed by atoms with van der Waals surface area (Å²) in [4.78, 5) is 2.68. The van der Waals surface area contributed by atoms with Crippen LogP contribution in [0.3, 0.4) is 0 Å². The molecule has 3 aliphatic carbocycles. The Morgan fingerprint density at radius 1 is 0.923 bits per heavy atom. The van der Waals surface area contributed by atoms with Crippen molar-refractivity contribution in [2.45, 2.75) is 103 Å². The first kappa shape index (κ1) is 21.3. The Balaban J connectivity index is 0.00000196. The third kappa shape index (κ3) is 3.62. The van der Waals surface area contributed by atoms with Crippen molar-refractivity contribution in [3.05, 3.63) is 0 Å². The predicted molar refractivity (Wildman–Crippen MR) is 111 cm³/mol. The summed E-state index contributed by atoms with van der Waals surface area (Å²) in [5, 5.41) is 0. The molecule has 0 aromatic rings. The van der Waals surface area contributed by atoms with Crippen LogP contribution in [0.4, 0.5) is 0 Å². The first-order valence-electron chi connectivity index (χ1n) is 11.8. The van der Waals surface area contributed by atoms with Gasteiger partial charge in [0.15, 0.2) is 0 Å². The van der Waals surface area contributed by atoms with Crippen LogP contribution < -0.4 is 18.9 Å². The molecule has 0 spiro atoms. The fourth-order valence-electron chi connectivity index (χ4n) is 8.14. The molecule has 4 bridgehead atoms. The number of nitrogens with zero attached hydrogens (tertiary/aromatic N) is 1. The minimum Gasteiger partial charge on any atom is -0.304 e. The number of rotatable bonds is 6. The number of hydrogen-bond acceptors (Lipinski definition) is 1. The van der Waals surface area contributed by atoms with E-state index in [4.69, 9.17) is 0 Å². The van der Waals surface area contributed by atoms with Gasteiger partial charge in [0, 0.05) is 0 Å². The molecule has 4 atom stereocenters. The molecule has 2 aliphatic heterocycles. The van der Waals surface area contributed by atoms with Crippen molar-refractivity contribution in [2.75, 3.05) is 19.6 Å². The maximum absolute atomic E-state index is 2.68. The fourth-order valence-corrected chi connectivity index (χ4v) is 8.14. The van der Waals surface area contributed by atoms with Crippen LogP contribution in [0.1, 0.15) is 85.5 Å². The molecule has 0 aromatic heterocycles. The third-order valence-corrected chi connectivity index (χ3v) is 9.73. The van der Waals surface area contributed by atoms with E-state index in [0.29, 0.717) is 5.41 Å². The summed E-state index contributed by atoms with van der Waals surface area (Å²) in [5.41, 5.74) is 0.647. The second kappa shape index (κ2) is 8.55. The summed E-state index contributed by atoms with van der Waals surface area (Å²) < 4.78 is 0. The first-order chi connectivity index (χ1) is 12.1. The zero-order chi connectivity index (χ0) is 17.6. The van der Waals surface area contributed by atoms with Gasteiger partial charge < -0.3 is 4.90 Å². The Bertz CT molecular complexity index is 441. The van der Waals surface area contributed by atoms with Crippen molar-refractivity contribution in [2.24, 2.45) is 23.2 Å². The van der Waals surface area contributed by atoms with Gasteiger partial charge in [-0.15, -0.1) is 6.71 Å². The van der Waals surface area contributed by atoms with Crippen LogP contribution in [-0.2, 0) is 0 Å². The first-order valence-corrected chi connectivity index (χ1v) is 11.8. The monoisotopic (exact) mass is 350 g/mol. The summed E-state index contributed by atoms with van der Waals surface area (Å²) in [6.45, 7) is 14.8. The van der Waals surface area contributed by atoms with Gasteiger partial charge in [-0.05, 0) is 49.7 Å².